The largest absolute Gasteiger partial charge is 0.355 e. The van der Waals surface area contributed by atoms with E-state index < -0.39 is 0 Å². The molecule has 0 aliphatic carbocycles. The predicted molar refractivity (Wildman–Crippen MR) is 50.8 cm³/mol. The maximum absolute atomic E-state index is 11.2. The summed E-state index contributed by atoms with van der Waals surface area (Å²) in [5.74, 6) is -0.00898. The zero-order chi connectivity index (χ0) is 9.40. The Bertz CT molecular complexity index is 126. The Balaban J connectivity index is 3.47. The van der Waals surface area contributed by atoms with Gasteiger partial charge in [-0.05, 0) is 12.8 Å². The van der Waals surface area contributed by atoms with Crippen molar-refractivity contribution in [3.63, 3.8) is 0 Å². The van der Waals surface area contributed by atoms with E-state index in [-0.39, 0.29) is 11.9 Å². The summed E-state index contributed by atoms with van der Waals surface area (Å²) >= 11 is 0. The number of amides is 1. The van der Waals surface area contributed by atoms with E-state index in [9.17, 15) is 4.79 Å². The molecule has 0 rings (SSSR count). The molecule has 0 saturated carbocycles. The van der Waals surface area contributed by atoms with Crippen molar-refractivity contribution in [2.24, 2.45) is 5.73 Å². The second-order valence-corrected chi connectivity index (χ2v) is 3.04. The van der Waals surface area contributed by atoms with Crippen molar-refractivity contribution in [2.45, 2.75) is 45.6 Å². The highest BCUT2D eigenvalue weighted by Crippen LogP contribution is 1.97. The highest BCUT2D eigenvalue weighted by atomic mass is 16.2. The molecule has 0 spiro atoms. The van der Waals surface area contributed by atoms with E-state index >= 15 is 0 Å². The van der Waals surface area contributed by atoms with Crippen LogP contribution in [0.2, 0.25) is 0 Å². The topological polar surface area (TPSA) is 55.1 Å². The quantitative estimate of drug-likeness (QED) is 0.628. The van der Waals surface area contributed by atoms with Crippen LogP contribution >= 0.6 is 0 Å². The van der Waals surface area contributed by atoms with Crippen LogP contribution in [0, 0.1) is 0 Å². The van der Waals surface area contributed by atoms with Gasteiger partial charge in [0.1, 0.15) is 0 Å². The Morgan fingerprint density at radius 2 is 2.08 bits per heavy atom. The van der Waals surface area contributed by atoms with Crippen LogP contribution in [0.5, 0.6) is 0 Å². The van der Waals surface area contributed by atoms with Crippen LogP contribution in [0.3, 0.4) is 0 Å². The molecule has 0 unspecified atom stereocenters. The number of rotatable bonds is 6. The molecule has 0 aliphatic heterocycles. The first-order valence-corrected chi connectivity index (χ1v) is 4.75. The van der Waals surface area contributed by atoms with Crippen molar-refractivity contribution < 1.29 is 4.79 Å². The smallest absolute Gasteiger partial charge is 0.236 e. The molecule has 0 aliphatic rings. The molecule has 0 saturated heterocycles. The molecule has 72 valence electrons. The lowest BCUT2D eigenvalue weighted by Crippen LogP contribution is -2.40. The predicted octanol–water partition coefficient (Wildman–Crippen LogP) is 1.03. The third kappa shape index (κ3) is 5.13. The molecule has 0 aromatic heterocycles. The van der Waals surface area contributed by atoms with Crippen LogP contribution in [0.4, 0.5) is 0 Å². The molecule has 0 aromatic carbocycles. The average Bonchev–Trinajstić information content (AvgIpc) is 2.10. The van der Waals surface area contributed by atoms with E-state index in [1.54, 1.807) is 0 Å². The Hall–Kier alpha value is -0.570. The number of unbranched alkanes of at least 4 members (excludes halogenated alkanes) is 1. The summed E-state index contributed by atoms with van der Waals surface area (Å²) in [5.41, 5.74) is 5.63. The van der Waals surface area contributed by atoms with Gasteiger partial charge in [0.05, 0.1) is 6.04 Å². The molecule has 3 nitrogen and oxygen atoms in total. The first-order chi connectivity index (χ1) is 5.72. The van der Waals surface area contributed by atoms with Gasteiger partial charge in [0.15, 0.2) is 0 Å². The number of hydrogen-bond acceptors (Lipinski definition) is 2. The van der Waals surface area contributed by atoms with Gasteiger partial charge in [0.25, 0.3) is 0 Å². The molecule has 3 N–H and O–H groups in total. The van der Waals surface area contributed by atoms with Gasteiger partial charge >= 0.3 is 0 Å². The van der Waals surface area contributed by atoms with Gasteiger partial charge in [-0.25, -0.2) is 0 Å². The van der Waals surface area contributed by atoms with Gasteiger partial charge in [-0.2, -0.15) is 0 Å². The maximum atomic E-state index is 11.2. The van der Waals surface area contributed by atoms with E-state index in [1.165, 1.54) is 0 Å². The molecule has 0 radical (unpaired) electrons. The number of carbonyl (C=O) groups is 1. The number of hydrogen-bond donors (Lipinski definition) is 2. The number of carbonyl (C=O) groups excluding carboxylic acids is 1. The number of nitrogens with one attached hydrogen (secondary N) is 1. The SMILES string of the molecule is CCCC[C@@H](N)C(=O)NCCC. The highest BCUT2D eigenvalue weighted by molar-refractivity contribution is 5.81. The van der Waals surface area contributed by atoms with Crippen LogP contribution < -0.4 is 11.1 Å². The zero-order valence-corrected chi connectivity index (χ0v) is 8.10. The molecule has 1 atom stereocenters. The Morgan fingerprint density at radius 1 is 1.42 bits per heavy atom. The van der Waals surface area contributed by atoms with Crippen molar-refractivity contribution in [1.29, 1.82) is 0 Å². The normalized spacial score (nSPS) is 12.6. The molecular formula is C9H20N2O. The molecular weight excluding hydrogens is 152 g/mol. The lowest BCUT2D eigenvalue weighted by molar-refractivity contribution is -0.122. The van der Waals surface area contributed by atoms with Crippen molar-refractivity contribution in [3.8, 4) is 0 Å². The first kappa shape index (κ1) is 11.4. The fourth-order valence-electron chi connectivity index (χ4n) is 0.934. The Morgan fingerprint density at radius 3 is 2.58 bits per heavy atom. The van der Waals surface area contributed by atoms with Gasteiger partial charge in [0.2, 0.25) is 5.91 Å². The van der Waals surface area contributed by atoms with Gasteiger partial charge in [-0.1, -0.05) is 26.7 Å². The van der Waals surface area contributed by atoms with E-state index in [0.717, 1.165) is 32.2 Å². The van der Waals surface area contributed by atoms with E-state index in [1.807, 2.05) is 6.92 Å². The van der Waals surface area contributed by atoms with Crippen molar-refractivity contribution in [1.82, 2.24) is 5.32 Å². The molecule has 12 heavy (non-hydrogen) atoms. The summed E-state index contributed by atoms with van der Waals surface area (Å²) < 4.78 is 0. The minimum absolute atomic E-state index is 0.00898. The van der Waals surface area contributed by atoms with Crippen LogP contribution in [0.25, 0.3) is 0 Å². The third-order valence-electron chi connectivity index (χ3n) is 1.75. The first-order valence-electron chi connectivity index (χ1n) is 4.75. The second kappa shape index (κ2) is 7.10. The summed E-state index contributed by atoms with van der Waals surface area (Å²) in [5, 5.41) is 2.78. The summed E-state index contributed by atoms with van der Waals surface area (Å²) in [7, 11) is 0. The van der Waals surface area contributed by atoms with Gasteiger partial charge in [-0.3, -0.25) is 4.79 Å². The molecule has 0 aromatic rings. The second-order valence-electron chi connectivity index (χ2n) is 3.04. The zero-order valence-electron chi connectivity index (χ0n) is 8.10. The monoisotopic (exact) mass is 172 g/mol. The molecule has 0 bridgehead atoms. The van der Waals surface area contributed by atoms with Gasteiger partial charge in [-0.15, -0.1) is 0 Å². The van der Waals surface area contributed by atoms with E-state index in [4.69, 9.17) is 5.73 Å². The minimum atomic E-state index is -0.309. The molecule has 3 heteroatoms. The van der Waals surface area contributed by atoms with Crippen molar-refractivity contribution in [2.75, 3.05) is 6.54 Å². The molecule has 0 heterocycles. The molecule has 0 fully saturated rings. The number of nitrogens with two attached hydrogens (primary N) is 1. The van der Waals surface area contributed by atoms with Crippen molar-refractivity contribution in [3.05, 3.63) is 0 Å². The summed E-state index contributed by atoms with van der Waals surface area (Å²) in [6.07, 6.45) is 3.88. The van der Waals surface area contributed by atoms with Crippen LogP contribution in [0.15, 0.2) is 0 Å². The lowest BCUT2D eigenvalue weighted by Gasteiger charge is -2.10. The fourth-order valence-corrected chi connectivity index (χ4v) is 0.934. The highest BCUT2D eigenvalue weighted by Gasteiger charge is 2.10. The third-order valence-corrected chi connectivity index (χ3v) is 1.75. The Kier molecular flexibility index (Phi) is 6.76. The fraction of sp³-hybridized carbons (Fsp3) is 0.889. The average molecular weight is 172 g/mol. The van der Waals surface area contributed by atoms with E-state index in [0.29, 0.717) is 0 Å². The maximum Gasteiger partial charge on any atom is 0.236 e. The van der Waals surface area contributed by atoms with Crippen molar-refractivity contribution >= 4 is 5.91 Å². The summed E-state index contributed by atoms with van der Waals surface area (Å²) in [6, 6.07) is -0.309. The Labute approximate surface area is 74.7 Å². The minimum Gasteiger partial charge on any atom is -0.355 e. The van der Waals surface area contributed by atoms with Crippen LogP contribution in [-0.4, -0.2) is 18.5 Å². The van der Waals surface area contributed by atoms with Gasteiger partial charge in [0, 0.05) is 6.54 Å². The summed E-state index contributed by atoms with van der Waals surface area (Å²) in [4.78, 5) is 11.2. The lowest BCUT2D eigenvalue weighted by atomic mass is 10.1. The van der Waals surface area contributed by atoms with Crippen LogP contribution in [0.1, 0.15) is 39.5 Å². The standard InChI is InChI=1S/C9H20N2O/c1-3-5-6-8(10)9(12)11-7-4-2/h8H,3-7,10H2,1-2H3,(H,11,12)/t8-/m1/s1. The summed E-state index contributed by atoms with van der Waals surface area (Å²) in [6.45, 7) is 4.85. The van der Waals surface area contributed by atoms with Crippen LogP contribution in [-0.2, 0) is 4.79 Å². The molecule has 1 amide bonds. The van der Waals surface area contributed by atoms with Gasteiger partial charge < -0.3 is 11.1 Å². The van der Waals surface area contributed by atoms with E-state index in [2.05, 4.69) is 12.2 Å².